The molecule has 2 N–H and O–H groups in total. The molecule has 6 nitrogen and oxygen atoms in total. The summed E-state index contributed by atoms with van der Waals surface area (Å²) >= 11 is 0. The Balaban J connectivity index is 1.38. The van der Waals surface area contributed by atoms with Crippen molar-refractivity contribution >= 4 is 5.82 Å². The van der Waals surface area contributed by atoms with Gasteiger partial charge in [0.15, 0.2) is 0 Å². The Hall–Kier alpha value is -2.13. The minimum atomic E-state index is -4.54. The third-order valence-electron chi connectivity index (χ3n) is 7.25. The second-order valence-electron chi connectivity index (χ2n) is 9.01. The molecule has 5 heterocycles. The minimum Gasteiger partial charge on any atom is -0.383 e. The molecule has 5 aliphatic rings. The molecule has 154 valence electrons. The van der Waals surface area contributed by atoms with Crippen LogP contribution in [-0.2, 0) is 16.3 Å². The summed E-state index contributed by atoms with van der Waals surface area (Å²) in [4.78, 5) is 6.35. The van der Waals surface area contributed by atoms with Gasteiger partial charge in [0.25, 0.3) is 0 Å². The van der Waals surface area contributed by atoms with Crippen molar-refractivity contribution in [3.8, 4) is 11.3 Å². The average Bonchev–Trinajstić information content (AvgIpc) is 3.17. The Kier molecular flexibility index (Phi) is 3.24. The predicted molar refractivity (Wildman–Crippen MR) is 99.0 cm³/mol. The zero-order chi connectivity index (χ0) is 20.3. The first kappa shape index (κ1) is 17.7. The normalized spacial score (nSPS) is 33.1. The summed E-state index contributed by atoms with van der Waals surface area (Å²) in [6.45, 7) is 6.80. The number of nitrogen functional groups attached to an aromatic ring is 1. The van der Waals surface area contributed by atoms with E-state index in [9.17, 15) is 13.2 Å². The van der Waals surface area contributed by atoms with Gasteiger partial charge in [0, 0.05) is 41.5 Å². The number of ether oxygens (including phenoxy) is 1. The van der Waals surface area contributed by atoms with Crippen LogP contribution in [0.15, 0.2) is 18.3 Å². The quantitative estimate of drug-likeness (QED) is 0.847. The van der Waals surface area contributed by atoms with Crippen molar-refractivity contribution < 1.29 is 17.9 Å². The van der Waals surface area contributed by atoms with E-state index in [-0.39, 0.29) is 11.5 Å². The van der Waals surface area contributed by atoms with Crippen molar-refractivity contribution in [1.82, 2.24) is 19.7 Å². The molecule has 1 unspecified atom stereocenters. The zero-order valence-electron chi connectivity index (χ0n) is 16.1. The molecule has 2 aromatic heterocycles. The zero-order valence-corrected chi connectivity index (χ0v) is 16.1. The van der Waals surface area contributed by atoms with Gasteiger partial charge >= 0.3 is 6.18 Å². The second kappa shape index (κ2) is 5.31. The van der Waals surface area contributed by atoms with E-state index in [2.05, 4.69) is 23.7 Å². The lowest BCUT2D eigenvalue weighted by Gasteiger charge is -2.34. The number of rotatable bonds is 4. The van der Waals surface area contributed by atoms with Crippen LogP contribution in [0.4, 0.5) is 19.0 Å². The predicted octanol–water partition coefficient (Wildman–Crippen LogP) is 2.71. The highest BCUT2D eigenvalue weighted by molar-refractivity contribution is 5.65. The van der Waals surface area contributed by atoms with Gasteiger partial charge in [-0.25, -0.2) is 4.98 Å². The van der Waals surface area contributed by atoms with E-state index in [0.29, 0.717) is 35.2 Å². The van der Waals surface area contributed by atoms with E-state index in [4.69, 9.17) is 15.6 Å². The van der Waals surface area contributed by atoms with E-state index >= 15 is 0 Å². The van der Waals surface area contributed by atoms with Crippen LogP contribution in [0.1, 0.15) is 31.1 Å². The number of aromatic nitrogens is 3. The Labute approximate surface area is 165 Å². The average molecular weight is 405 g/mol. The Morgan fingerprint density at radius 3 is 2.62 bits per heavy atom. The second-order valence-corrected chi connectivity index (χ2v) is 9.01. The summed E-state index contributed by atoms with van der Waals surface area (Å²) in [5, 5.41) is 4.69. The first-order valence-corrected chi connectivity index (χ1v) is 10.0. The van der Waals surface area contributed by atoms with Crippen LogP contribution in [0.25, 0.3) is 11.3 Å². The Morgan fingerprint density at radius 1 is 1.28 bits per heavy atom. The van der Waals surface area contributed by atoms with Crippen LogP contribution in [-0.4, -0.2) is 51.5 Å². The summed E-state index contributed by atoms with van der Waals surface area (Å²) in [7, 11) is 0. The summed E-state index contributed by atoms with van der Waals surface area (Å²) in [6, 6.07) is 4.20. The summed E-state index contributed by atoms with van der Waals surface area (Å²) < 4.78 is 47.2. The molecule has 0 aromatic carbocycles. The molecule has 5 fully saturated rings. The molecule has 2 aromatic rings. The van der Waals surface area contributed by atoms with E-state index in [1.807, 2.05) is 10.7 Å². The van der Waals surface area contributed by atoms with Crippen molar-refractivity contribution in [3.05, 3.63) is 29.6 Å². The van der Waals surface area contributed by atoms with Gasteiger partial charge in [-0.15, -0.1) is 0 Å². The first-order valence-electron chi connectivity index (χ1n) is 10.0. The van der Waals surface area contributed by atoms with Crippen molar-refractivity contribution in [2.45, 2.75) is 43.6 Å². The molecule has 4 atom stereocenters. The van der Waals surface area contributed by atoms with E-state index in [1.54, 1.807) is 0 Å². The van der Waals surface area contributed by atoms with Crippen molar-refractivity contribution in [1.29, 1.82) is 0 Å². The first-order chi connectivity index (χ1) is 13.7. The third kappa shape index (κ3) is 2.15. The monoisotopic (exact) mass is 405 g/mol. The lowest BCUT2D eigenvalue weighted by atomic mass is 10.0. The van der Waals surface area contributed by atoms with Gasteiger partial charge in [0.2, 0.25) is 0 Å². The lowest BCUT2D eigenvalue weighted by Crippen LogP contribution is -2.48. The van der Waals surface area contributed by atoms with E-state index in [1.165, 1.54) is 6.20 Å². The Morgan fingerprint density at radius 2 is 2.03 bits per heavy atom. The van der Waals surface area contributed by atoms with Gasteiger partial charge in [-0.1, -0.05) is 0 Å². The number of piperidine rings is 1. The van der Waals surface area contributed by atoms with E-state index < -0.39 is 17.6 Å². The maximum Gasteiger partial charge on any atom is 0.419 e. The van der Waals surface area contributed by atoms with Crippen LogP contribution < -0.4 is 5.73 Å². The summed E-state index contributed by atoms with van der Waals surface area (Å²) in [6.07, 6.45) is -3.17. The number of anilines is 1. The molecule has 7 rings (SSSR count). The number of halogens is 3. The van der Waals surface area contributed by atoms with Gasteiger partial charge < -0.3 is 10.5 Å². The van der Waals surface area contributed by atoms with Gasteiger partial charge in [-0.05, 0) is 37.8 Å². The van der Waals surface area contributed by atoms with Gasteiger partial charge in [0.05, 0.1) is 30.5 Å². The highest BCUT2D eigenvalue weighted by atomic mass is 19.4. The highest BCUT2D eigenvalue weighted by Gasteiger charge is 2.94. The molecule has 9 heteroatoms. The number of hydrogen-bond acceptors (Lipinski definition) is 5. The summed E-state index contributed by atoms with van der Waals surface area (Å²) in [5.41, 5.74) is 6.68. The van der Waals surface area contributed by atoms with Crippen LogP contribution in [0.3, 0.4) is 0 Å². The van der Waals surface area contributed by atoms with Gasteiger partial charge in [-0.3, -0.25) is 9.58 Å². The fraction of sp³-hybridized carbons (Fsp3) is 0.600. The third-order valence-corrected chi connectivity index (χ3v) is 7.25. The van der Waals surface area contributed by atoms with Gasteiger partial charge in [-0.2, -0.15) is 18.3 Å². The largest absolute Gasteiger partial charge is 0.419 e. The molecule has 2 bridgehead atoms. The Bertz CT molecular complexity index is 1010. The van der Waals surface area contributed by atoms with Crippen LogP contribution in [0.2, 0.25) is 0 Å². The lowest BCUT2D eigenvalue weighted by molar-refractivity contribution is -0.137. The van der Waals surface area contributed by atoms with E-state index in [0.717, 1.165) is 31.5 Å². The minimum absolute atomic E-state index is 0.124. The molecule has 0 radical (unpaired) electrons. The molecular weight excluding hydrogens is 383 g/mol. The number of nitrogens with two attached hydrogens (primary N) is 1. The molecule has 2 saturated carbocycles. The molecular formula is C20H22F3N5O. The molecule has 2 aliphatic carbocycles. The fourth-order valence-corrected chi connectivity index (χ4v) is 5.73. The maximum atomic E-state index is 13.3. The molecule has 3 saturated heterocycles. The number of alkyl halides is 3. The fourth-order valence-electron chi connectivity index (χ4n) is 5.73. The number of hydrogen-bond donors (Lipinski definition) is 1. The van der Waals surface area contributed by atoms with Crippen molar-refractivity contribution in [2.75, 3.05) is 25.5 Å². The molecule has 29 heavy (non-hydrogen) atoms. The standard InChI is InChI=1S/C20H22F3N5O/c1-9(2)28-15(19-13-6-27(11-7-29-8-11)17(19)16(13)19)4-14(26-28)10-3-12(20(21,22)23)18(24)25-5-10/h3-5,9,11,13,16-17H,6-8H2,1-2H3,(H2,24,25)/t13-,16-,17?,19-/m0/s1. The SMILES string of the molecule is CC(C)n1nc(-c2cnc(N)c(C(F)(F)F)c2)cc1[C@]12C3[C@@H]1[C@@H]2CN3C1COC1. The number of nitrogens with zero attached hydrogens (tertiary/aromatic N) is 4. The highest BCUT2D eigenvalue weighted by Crippen LogP contribution is 2.86. The van der Waals surface area contributed by atoms with Crippen LogP contribution in [0.5, 0.6) is 0 Å². The van der Waals surface area contributed by atoms with Crippen LogP contribution in [0, 0.1) is 11.8 Å². The smallest absolute Gasteiger partial charge is 0.383 e. The molecule has 0 spiro atoms. The number of pyridine rings is 1. The van der Waals surface area contributed by atoms with Crippen molar-refractivity contribution in [2.24, 2.45) is 11.8 Å². The molecule has 3 aliphatic heterocycles. The van der Waals surface area contributed by atoms with Gasteiger partial charge in [0.1, 0.15) is 5.82 Å². The van der Waals surface area contributed by atoms with Crippen molar-refractivity contribution in [3.63, 3.8) is 0 Å². The van der Waals surface area contributed by atoms with Crippen LogP contribution >= 0.6 is 0 Å². The summed E-state index contributed by atoms with van der Waals surface area (Å²) in [5.74, 6) is 0.773. The number of fused-ring (bicyclic) bond motifs is 1. The topological polar surface area (TPSA) is 69.2 Å². The molecule has 0 amide bonds. The maximum absolute atomic E-state index is 13.3.